The SMILES string of the molecule is Sc1nc(CC=Cc2ccccc2)c[nH]1. The van der Waals surface area contributed by atoms with E-state index in [9.17, 15) is 0 Å². The number of aromatic amines is 1. The molecular weight excluding hydrogens is 204 g/mol. The zero-order chi connectivity index (χ0) is 10.5. The lowest BCUT2D eigenvalue weighted by Crippen LogP contribution is -1.79. The molecule has 0 radical (unpaired) electrons. The summed E-state index contributed by atoms with van der Waals surface area (Å²) in [7, 11) is 0. The fourth-order valence-electron chi connectivity index (χ4n) is 1.33. The molecule has 1 aromatic carbocycles. The second-order valence-corrected chi connectivity index (χ2v) is 3.66. The minimum atomic E-state index is 0.665. The van der Waals surface area contributed by atoms with E-state index < -0.39 is 0 Å². The van der Waals surface area contributed by atoms with Crippen molar-refractivity contribution in [2.45, 2.75) is 11.6 Å². The van der Waals surface area contributed by atoms with Gasteiger partial charge in [0, 0.05) is 12.6 Å². The molecule has 0 unspecified atom stereocenters. The molecule has 2 aromatic rings. The Morgan fingerprint density at radius 2 is 2.07 bits per heavy atom. The third-order valence-corrected chi connectivity index (χ3v) is 2.28. The van der Waals surface area contributed by atoms with Crippen molar-refractivity contribution in [3.8, 4) is 0 Å². The van der Waals surface area contributed by atoms with Crippen molar-refractivity contribution in [2.75, 3.05) is 0 Å². The van der Waals surface area contributed by atoms with Crippen molar-refractivity contribution in [3.05, 3.63) is 53.9 Å². The first kappa shape index (κ1) is 10.1. The molecule has 2 rings (SSSR count). The van der Waals surface area contributed by atoms with Gasteiger partial charge in [-0.3, -0.25) is 0 Å². The lowest BCUT2D eigenvalue weighted by Gasteiger charge is -1.90. The first-order valence-electron chi connectivity index (χ1n) is 4.79. The molecule has 15 heavy (non-hydrogen) atoms. The highest BCUT2D eigenvalue weighted by Gasteiger charge is 1.93. The number of thiol groups is 1. The number of aromatic nitrogens is 2. The summed E-state index contributed by atoms with van der Waals surface area (Å²) in [5.41, 5.74) is 2.21. The fourth-order valence-corrected chi connectivity index (χ4v) is 1.53. The van der Waals surface area contributed by atoms with Gasteiger partial charge in [-0.25, -0.2) is 4.98 Å². The smallest absolute Gasteiger partial charge is 0.162 e. The van der Waals surface area contributed by atoms with E-state index in [0.717, 1.165) is 12.1 Å². The Balaban J connectivity index is 1.96. The summed E-state index contributed by atoms with van der Waals surface area (Å²) in [5, 5.41) is 0.665. The summed E-state index contributed by atoms with van der Waals surface area (Å²) in [6.07, 6.45) is 6.88. The van der Waals surface area contributed by atoms with Gasteiger partial charge in [0.25, 0.3) is 0 Å². The van der Waals surface area contributed by atoms with Gasteiger partial charge >= 0.3 is 0 Å². The molecule has 76 valence electrons. The lowest BCUT2D eigenvalue weighted by atomic mass is 10.2. The van der Waals surface area contributed by atoms with Crippen LogP contribution < -0.4 is 0 Å². The van der Waals surface area contributed by atoms with E-state index in [-0.39, 0.29) is 0 Å². The minimum absolute atomic E-state index is 0.665. The highest BCUT2D eigenvalue weighted by Crippen LogP contribution is 2.05. The van der Waals surface area contributed by atoms with Crippen LogP contribution in [0.3, 0.4) is 0 Å². The van der Waals surface area contributed by atoms with Crippen LogP contribution in [0.1, 0.15) is 11.3 Å². The summed E-state index contributed by atoms with van der Waals surface area (Å²) in [6.45, 7) is 0. The summed E-state index contributed by atoms with van der Waals surface area (Å²) in [4.78, 5) is 7.14. The highest BCUT2D eigenvalue weighted by molar-refractivity contribution is 7.80. The Kier molecular flexibility index (Phi) is 3.25. The molecule has 0 atom stereocenters. The predicted molar refractivity (Wildman–Crippen MR) is 65.0 cm³/mol. The number of imidazole rings is 1. The minimum Gasteiger partial charge on any atom is -0.340 e. The number of hydrogen-bond donors (Lipinski definition) is 2. The van der Waals surface area contributed by atoms with Crippen LogP contribution in [0.15, 0.2) is 47.8 Å². The molecule has 1 aromatic heterocycles. The molecule has 1 N–H and O–H groups in total. The molecule has 0 amide bonds. The van der Waals surface area contributed by atoms with E-state index in [4.69, 9.17) is 0 Å². The summed E-state index contributed by atoms with van der Waals surface area (Å²) in [5.74, 6) is 0. The van der Waals surface area contributed by atoms with Crippen molar-refractivity contribution in [2.24, 2.45) is 0 Å². The molecule has 0 aliphatic rings. The summed E-state index contributed by atoms with van der Waals surface area (Å²) in [6, 6.07) is 10.2. The van der Waals surface area contributed by atoms with Crippen molar-refractivity contribution in [1.82, 2.24) is 9.97 Å². The Bertz CT molecular complexity index is 446. The average Bonchev–Trinajstić information content (AvgIpc) is 2.66. The maximum atomic E-state index is 4.20. The van der Waals surface area contributed by atoms with Gasteiger partial charge in [0.05, 0.1) is 5.69 Å². The predicted octanol–water partition coefficient (Wildman–Crippen LogP) is 2.95. The number of nitrogens with one attached hydrogen (secondary N) is 1. The fraction of sp³-hybridized carbons (Fsp3) is 0.0833. The first-order valence-corrected chi connectivity index (χ1v) is 5.24. The van der Waals surface area contributed by atoms with E-state index in [0.29, 0.717) is 5.16 Å². The monoisotopic (exact) mass is 216 g/mol. The van der Waals surface area contributed by atoms with Gasteiger partial charge in [-0.15, -0.1) is 12.6 Å². The maximum Gasteiger partial charge on any atom is 0.162 e. The number of rotatable bonds is 3. The van der Waals surface area contributed by atoms with Gasteiger partial charge < -0.3 is 4.98 Å². The lowest BCUT2D eigenvalue weighted by molar-refractivity contribution is 1.03. The Morgan fingerprint density at radius 3 is 2.73 bits per heavy atom. The van der Waals surface area contributed by atoms with Gasteiger partial charge in [-0.1, -0.05) is 42.5 Å². The van der Waals surface area contributed by atoms with Gasteiger partial charge in [0.15, 0.2) is 5.16 Å². The number of nitrogens with zero attached hydrogens (tertiary/aromatic N) is 1. The molecule has 0 aliphatic carbocycles. The average molecular weight is 216 g/mol. The van der Waals surface area contributed by atoms with Crippen molar-refractivity contribution < 1.29 is 0 Å². The highest BCUT2D eigenvalue weighted by atomic mass is 32.1. The van der Waals surface area contributed by atoms with Crippen LogP contribution in [0.2, 0.25) is 0 Å². The van der Waals surface area contributed by atoms with Gasteiger partial charge in [-0.2, -0.15) is 0 Å². The zero-order valence-electron chi connectivity index (χ0n) is 8.22. The van der Waals surface area contributed by atoms with E-state index in [1.807, 2.05) is 24.4 Å². The van der Waals surface area contributed by atoms with Gasteiger partial charge in [0.2, 0.25) is 0 Å². The molecule has 0 spiro atoms. The number of allylic oxidation sites excluding steroid dienone is 1. The molecule has 0 aliphatic heterocycles. The molecule has 1 heterocycles. The number of H-pyrrole nitrogens is 1. The second kappa shape index (κ2) is 4.84. The van der Waals surface area contributed by atoms with Crippen LogP contribution in [-0.4, -0.2) is 9.97 Å². The molecule has 0 bridgehead atoms. The first-order chi connectivity index (χ1) is 7.34. The summed E-state index contributed by atoms with van der Waals surface area (Å²) >= 11 is 4.11. The maximum absolute atomic E-state index is 4.20. The van der Waals surface area contributed by atoms with Gasteiger partial charge in [0.1, 0.15) is 0 Å². The quantitative estimate of drug-likeness (QED) is 0.759. The van der Waals surface area contributed by atoms with Crippen LogP contribution in [-0.2, 0) is 6.42 Å². The Labute approximate surface area is 94.5 Å². The standard InChI is InChI=1S/C12H12N2S/c15-12-13-9-11(14-12)8-4-7-10-5-2-1-3-6-10/h1-7,9H,8H2,(H2,13,14,15). The second-order valence-electron chi connectivity index (χ2n) is 3.23. The van der Waals surface area contributed by atoms with Crippen LogP contribution in [0, 0.1) is 0 Å². The third kappa shape index (κ3) is 2.99. The Morgan fingerprint density at radius 1 is 1.27 bits per heavy atom. The van der Waals surface area contributed by atoms with Crippen LogP contribution in [0.4, 0.5) is 0 Å². The zero-order valence-corrected chi connectivity index (χ0v) is 9.11. The molecular formula is C12H12N2S. The van der Waals surface area contributed by atoms with Gasteiger partial charge in [-0.05, 0) is 5.56 Å². The normalized spacial score (nSPS) is 11.0. The number of benzene rings is 1. The van der Waals surface area contributed by atoms with E-state index >= 15 is 0 Å². The molecule has 3 heteroatoms. The van der Waals surface area contributed by atoms with Crippen molar-refractivity contribution in [1.29, 1.82) is 0 Å². The summed E-state index contributed by atoms with van der Waals surface area (Å²) < 4.78 is 0. The number of hydrogen-bond acceptors (Lipinski definition) is 2. The topological polar surface area (TPSA) is 28.7 Å². The molecule has 0 fully saturated rings. The van der Waals surface area contributed by atoms with E-state index in [1.54, 1.807) is 0 Å². The third-order valence-electron chi connectivity index (χ3n) is 2.05. The largest absolute Gasteiger partial charge is 0.340 e. The van der Waals surface area contributed by atoms with Crippen LogP contribution in [0.5, 0.6) is 0 Å². The molecule has 0 saturated heterocycles. The van der Waals surface area contributed by atoms with Crippen molar-refractivity contribution in [3.63, 3.8) is 0 Å². The van der Waals surface area contributed by atoms with Crippen LogP contribution in [0.25, 0.3) is 6.08 Å². The molecule has 2 nitrogen and oxygen atoms in total. The van der Waals surface area contributed by atoms with Crippen molar-refractivity contribution >= 4 is 18.7 Å². The molecule has 0 saturated carbocycles. The van der Waals surface area contributed by atoms with E-state index in [1.165, 1.54) is 5.56 Å². The Hall–Kier alpha value is -1.48. The van der Waals surface area contributed by atoms with Crippen LogP contribution >= 0.6 is 12.6 Å². The van der Waals surface area contributed by atoms with E-state index in [2.05, 4.69) is 46.9 Å².